The molecule has 0 spiro atoms. The van der Waals surface area contributed by atoms with Crippen molar-refractivity contribution in [2.75, 3.05) is 11.9 Å². The molecule has 4 nitrogen and oxygen atoms in total. The molecule has 2 rings (SSSR count). The third-order valence-corrected chi connectivity index (χ3v) is 3.23. The largest absolute Gasteiger partial charge is 0.352 e. The Kier molecular flexibility index (Phi) is 5.41. The van der Waals surface area contributed by atoms with Gasteiger partial charge in [-0.05, 0) is 30.7 Å². The molecule has 2 aromatic carbocycles. The summed E-state index contributed by atoms with van der Waals surface area (Å²) in [4.78, 5) is 23.7. The molecule has 0 saturated heterocycles. The molecule has 0 fully saturated rings. The van der Waals surface area contributed by atoms with Gasteiger partial charge in [0.1, 0.15) is 11.6 Å². The third kappa shape index (κ3) is 4.60. The van der Waals surface area contributed by atoms with Crippen LogP contribution in [0.4, 0.5) is 14.5 Å². The van der Waals surface area contributed by atoms with E-state index >= 15 is 0 Å². The van der Waals surface area contributed by atoms with Crippen molar-refractivity contribution in [2.45, 2.75) is 13.3 Å². The van der Waals surface area contributed by atoms with Gasteiger partial charge in [0.25, 0.3) is 5.91 Å². The van der Waals surface area contributed by atoms with E-state index in [4.69, 9.17) is 0 Å². The zero-order valence-corrected chi connectivity index (χ0v) is 12.5. The number of nitrogens with one attached hydrogen (secondary N) is 2. The second-order valence-corrected chi connectivity index (χ2v) is 4.99. The summed E-state index contributed by atoms with van der Waals surface area (Å²) in [5.74, 6) is -2.31. The Balaban J connectivity index is 1.83. The highest BCUT2D eigenvalue weighted by Gasteiger charge is 2.10. The van der Waals surface area contributed by atoms with Gasteiger partial charge in [-0.3, -0.25) is 9.59 Å². The first-order valence-electron chi connectivity index (χ1n) is 7.06. The van der Waals surface area contributed by atoms with Crippen LogP contribution < -0.4 is 10.6 Å². The first-order valence-corrected chi connectivity index (χ1v) is 7.06. The number of hydrogen-bond acceptors (Lipinski definition) is 2. The first-order chi connectivity index (χ1) is 11.0. The van der Waals surface area contributed by atoms with E-state index in [0.717, 1.165) is 17.7 Å². The van der Waals surface area contributed by atoms with Crippen molar-refractivity contribution >= 4 is 17.5 Å². The van der Waals surface area contributed by atoms with Crippen molar-refractivity contribution in [3.8, 4) is 0 Å². The van der Waals surface area contributed by atoms with Crippen LogP contribution in [0.3, 0.4) is 0 Å². The van der Waals surface area contributed by atoms with Crippen LogP contribution >= 0.6 is 0 Å². The zero-order chi connectivity index (χ0) is 16.8. The van der Waals surface area contributed by atoms with Gasteiger partial charge >= 0.3 is 0 Å². The van der Waals surface area contributed by atoms with Crippen molar-refractivity contribution in [3.63, 3.8) is 0 Å². The number of benzene rings is 2. The lowest BCUT2D eigenvalue weighted by atomic mass is 10.1. The lowest BCUT2D eigenvalue weighted by Gasteiger charge is -2.08. The highest BCUT2D eigenvalue weighted by molar-refractivity contribution is 5.96. The summed E-state index contributed by atoms with van der Waals surface area (Å²) in [7, 11) is 0. The molecule has 0 aliphatic rings. The standard InChI is InChI=1S/C17H16F2N2O2/c1-11-4-2-3-5-13(11)17(23)20-9-8-16(22)21-15-7-6-12(18)10-14(15)19/h2-7,10H,8-9H2,1H3,(H,20,23)(H,21,22). The molecule has 0 radical (unpaired) electrons. The molecular formula is C17H16F2N2O2. The Morgan fingerprint density at radius 1 is 1.09 bits per heavy atom. The van der Waals surface area contributed by atoms with Crippen molar-refractivity contribution < 1.29 is 18.4 Å². The molecule has 0 bridgehead atoms. The maximum Gasteiger partial charge on any atom is 0.251 e. The van der Waals surface area contributed by atoms with Crippen LogP contribution in [0.25, 0.3) is 0 Å². The van der Waals surface area contributed by atoms with Gasteiger partial charge in [-0.15, -0.1) is 0 Å². The first kappa shape index (κ1) is 16.6. The molecule has 2 aromatic rings. The molecule has 6 heteroatoms. The predicted molar refractivity (Wildman–Crippen MR) is 83.1 cm³/mol. The molecule has 2 amide bonds. The van der Waals surface area contributed by atoms with Gasteiger partial charge in [-0.25, -0.2) is 8.78 Å². The number of anilines is 1. The van der Waals surface area contributed by atoms with E-state index in [2.05, 4.69) is 10.6 Å². The monoisotopic (exact) mass is 318 g/mol. The molecule has 0 atom stereocenters. The van der Waals surface area contributed by atoms with E-state index in [9.17, 15) is 18.4 Å². The molecule has 0 saturated carbocycles. The summed E-state index contributed by atoms with van der Waals surface area (Å²) in [5.41, 5.74) is 1.28. The van der Waals surface area contributed by atoms with E-state index < -0.39 is 17.5 Å². The Hall–Kier alpha value is -2.76. The maximum atomic E-state index is 13.4. The van der Waals surface area contributed by atoms with Crippen LogP contribution in [-0.2, 0) is 4.79 Å². The van der Waals surface area contributed by atoms with E-state index in [1.165, 1.54) is 0 Å². The molecule has 0 aromatic heterocycles. The summed E-state index contributed by atoms with van der Waals surface area (Å²) in [6, 6.07) is 9.99. The lowest BCUT2D eigenvalue weighted by Crippen LogP contribution is -2.28. The average molecular weight is 318 g/mol. The van der Waals surface area contributed by atoms with E-state index in [-0.39, 0.29) is 24.6 Å². The fourth-order valence-electron chi connectivity index (χ4n) is 2.02. The Morgan fingerprint density at radius 3 is 2.52 bits per heavy atom. The highest BCUT2D eigenvalue weighted by Crippen LogP contribution is 2.15. The molecule has 2 N–H and O–H groups in total. The number of aryl methyl sites for hydroxylation is 1. The maximum absolute atomic E-state index is 13.4. The molecule has 0 unspecified atom stereocenters. The number of carbonyl (C=O) groups excluding carboxylic acids is 2. The van der Waals surface area contributed by atoms with Gasteiger partial charge in [0.15, 0.2) is 0 Å². The van der Waals surface area contributed by atoms with Gasteiger partial charge < -0.3 is 10.6 Å². The predicted octanol–water partition coefficient (Wildman–Crippen LogP) is 3.03. The van der Waals surface area contributed by atoms with Gasteiger partial charge in [-0.2, -0.15) is 0 Å². The SMILES string of the molecule is Cc1ccccc1C(=O)NCCC(=O)Nc1ccc(F)cc1F. The van der Waals surface area contributed by atoms with Crippen LogP contribution in [0, 0.1) is 18.6 Å². The van der Waals surface area contributed by atoms with Crippen LogP contribution in [0.2, 0.25) is 0 Å². The fourth-order valence-corrected chi connectivity index (χ4v) is 2.02. The smallest absolute Gasteiger partial charge is 0.251 e. The zero-order valence-electron chi connectivity index (χ0n) is 12.5. The molecule has 0 heterocycles. The van der Waals surface area contributed by atoms with E-state index in [1.807, 2.05) is 19.1 Å². The minimum atomic E-state index is -0.845. The average Bonchev–Trinajstić information content (AvgIpc) is 2.50. The van der Waals surface area contributed by atoms with Gasteiger partial charge in [-0.1, -0.05) is 18.2 Å². The fraction of sp³-hybridized carbons (Fsp3) is 0.176. The van der Waals surface area contributed by atoms with E-state index in [0.29, 0.717) is 11.6 Å². The summed E-state index contributed by atoms with van der Waals surface area (Å²) in [6.07, 6.45) is -0.0194. The van der Waals surface area contributed by atoms with Crippen LogP contribution in [0.15, 0.2) is 42.5 Å². The molecule has 23 heavy (non-hydrogen) atoms. The highest BCUT2D eigenvalue weighted by atomic mass is 19.1. The quantitative estimate of drug-likeness (QED) is 0.890. The summed E-state index contributed by atoms with van der Waals surface area (Å²) < 4.78 is 26.2. The molecule has 0 aliphatic heterocycles. The minimum absolute atomic E-state index is 0.0194. The normalized spacial score (nSPS) is 10.2. The summed E-state index contributed by atoms with van der Waals surface area (Å²) in [5, 5.41) is 4.96. The van der Waals surface area contributed by atoms with Gasteiger partial charge in [0.05, 0.1) is 5.69 Å². The minimum Gasteiger partial charge on any atom is -0.352 e. The third-order valence-electron chi connectivity index (χ3n) is 3.23. The number of carbonyl (C=O) groups is 2. The molecule has 120 valence electrons. The Morgan fingerprint density at radius 2 is 1.83 bits per heavy atom. The summed E-state index contributed by atoms with van der Waals surface area (Å²) in [6.45, 7) is 1.93. The number of rotatable bonds is 5. The Labute approximate surface area is 132 Å². The number of amides is 2. The molecular weight excluding hydrogens is 302 g/mol. The number of halogens is 2. The van der Waals surface area contributed by atoms with Crippen molar-refractivity contribution in [3.05, 3.63) is 65.2 Å². The topological polar surface area (TPSA) is 58.2 Å². The van der Waals surface area contributed by atoms with Crippen LogP contribution in [0.1, 0.15) is 22.3 Å². The number of hydrogen-bond donors (Lipinski definition) is 2. The second-order valence-electron chi connectivity index (χ2n) is 4.99. The van der Waals surface area contributed by atoms with Crippen molar-refractivity contribution in [2.24, 2.45) is 0 Å². The van der Waals surface area contributed by atoms with Crippen LogP contribution in [-0.4, -0.2) is 18.4 Å². The Bertz CT molecular complexity index is 732. The van der Waals surface area contributed by atoms with Crippen LogP contribution in [0.5, 0.6) is 0 Å². The van der Waals surface area contributed by atoms with Gasteiger partial charge in [0.2, 0.25) is 5.91 Å². The lowest BCUT2D eigenvalue weighted by molar-refractivity contribution is -0.116. The summed E-state index contributed by atoms with van der Waals surface area (Å²) >= 11 is 0. The van der Waals surface area contributed by atoms with Crippen molar-refractivity contribution in [1.82, 2.24) is 5.32 Å². The van der Waals surface area contributed by atoms with Gasteiger partial charge in [0, 0.05) is 24.6 Å². The van der Waals surface area contributed by atoms with Crippen molar-refractivity contribution in [1.29, 1.82) is 0 Å². The van der Waals surface area contributed by atoms with E-state index in [1.54, 1.807) is 12.1 Å². The molecule has 0 aliphatic carbocycles. The second kappa shape index (κ2) is 7.49.